The molecule has 178 valence electrons. The first kappa shape index (κ1) is 23.2. The fourth-order valence-corrected chi connectivity index (χ4v) is 3.62. The Kier molecular flexibility index (Phi) is 6.32. The van der Waals surface area contributed by atoms with Crippen molar-refractivity contribution in [1.29, 1.82) is 0 Å². The van der Waals surface area contributed by atoms with Gasteiger partial charge in [0.25, 0.3) is 11.5 Å². The van der Waals surface area contributed by atoms with Gasteiger partial charge in [0.15, 0.2) is 0 Å². The standard InChI is InChI=1S/C24H23N7O4/c1-13(28-23(34)20-19(25)22(33)30-24(35)29-20)15-5-3-6-16(9-15)18-10-27-31(12-18)11-14-4-2-7-17(8-14)21(26)32/h2-10,12-13H,11,25H2,1H3,(H2,26,32)(H,28,34)(H2,29,30,33,35). The van der Waals surface area contributed by atoms with E-state index in [2.05, 4.69) is 15.4 Å². The molecule has 2 aromatic heterocycles. The van der Waals surface area contributed by atoms with Crippen molar-refractivity contribution in [3.8, 4) is 11.1 Å². The van der Waals surface area contributed by atoms with E-state index in [4.69, 9.17) is 11.5 Å². The third-order valence-electron chi connectivity index (χ3n) is 5.46. The van der Waals surface area contributed by atoms with Crippen LogP contribution in [0.1, 0.15) is 44.9 Å². The number of amides is 2. The predicted octanol–water partition coefficient (Wildman–Crippen LogP) is 1.15. The lowest BCUT2D eigenvalue weighted by Crippen LogP contribution is -2.34. The molecule has 0 saturated heterocycles. The van der Waals surface area contributed by atoms with Gasteiger partial charge < -0.3 is 21.8 Å². The predicted molar refractivity (Wildman–Crippen MR) is 130 cm³/mol. The number of hydrogen-bond acceptors (Lipinski definition) is 6. The highest BCUT2D eigenvalue weighted by atomic mass is 16.2. The molecule has 0 radical (unpaired) electrons. The van der Waals surface area contributed by atoms with Crippen molar-refractivity contribution in [3.05, 3.63) is 104 Å². The summed E-state index contributed by atoms with van der Waals surface area (Å²) in [5.74, 6) is -1.16. The molecule has 2 heterocycles. The highest BCUT2D eigenvalue weighted by Gasteiger charge is 2.17. The van der Waals surface area contributed by atoms with Gasteiger partial charge in [-0.1, -0.05) is 30.3 Å². The van der Waals surface area contributed by atoms with Gasteiger partial charge in [0.2, 0.25) is 5.91 Å². The molecule has 35 heavy (non-hydrogen) atoms. The topological polar surface area (TPSA) is 182 Å². The molecule has 0 aliphatic heterocycles. The average Bonchev–Trinajstić information content (AvgIpc) is 3.30. The SMILES string of the molecule is CC(NC(=O)c1[nH]c(=O)[nH]c(=O)c1N)c1cccc(-c2cnn(Cc3cccc(C(N)=O)c3)c2)c1. The Bertz CT molecular complexity index is 1530. The summed E-state index contributed by atoms with van der Waals surface area (Å²) >= 11 is 0. The molecule has 4 aromatic rings. The minimum absolute atomic E-state index is 0.288. The van der Waals surface area contributed by atoms with E-state index in [1.807, 2.05) is 41.5 Å². The minimum Gasteiger partial charge on any atom is -0.392 e. The van der Waals surface area contributed by atoms with E-state index in [1.165, 1.54) is 0 Å². The molecule has 2 amide bonds. The summed E-state index contributed by atoms with van der Waals surface area (Å²) in [5, 5.41) is 7.14. The first-order valence-electron chi connectivity index (χ1n) is 10.7. The second-order valence-electron chi connectivity index (χ2n) is 8.01. The normalized spacial score (nSPS) is 11.7. The van der Waals surface area contributed by atoms with Crippen LogP contribution in [0.25, 0.3) is 11.1 Å². The summed E-state index contributed by atoms with van der Waals surface area (Å²) in [7, 11) is 0. The molecule has 0 bridgehead atoms. The van der Waals surface area contributed by atoms with Crippen molar-refractivity contribution in [2.45, 2.75) is 19.5 Å². The molecule has 2 aromatic carbocycles. The molecule has 11 nitrogen and oxygen atoms in total. The van der Waals surface area contributed by atoms with Crippen LogP contribution in [0.5, 0.6) is 0 Å². The third-order valence-corrected chi connectivity index (χ3v) is 5.46. The Morgan fingerprint density at radius 1 is 1.09 bits per heavy atom. The third kappa shape index (κ3) is 5.19. The summed E-state index contributed by atoms with van der Waals surface area (Å²) in [5.41, 5.74) is 12.6. The number of anilines is 1. The number of rotatable bonds is 7. The fourth-order valence-electron chi connectivity index (χ4n) is 3.62. The van der Waals surface area contributed by atoms with Crippen molar-refractivity contribution in [1.82, 2.24) is 25.1 Å². The number of primary amides is 1. The number of aromatic nitrogens is 4. The van der Waals surface area contributed by atoms with Crippen LogP contribution in [0.4, 0.5) is 5.69 Å². The zero-order valence-electron chi connectivity index (χ0n) is 18.7. The molecule has 0 aliphatic carbocycles. The number of aromatic amines is 2. The fraction of sp³-hybridized carbons (Fsp3) is 0.125. The zero-order chi connectivity index (χ0) is 25.1. The van der Waals surface area contributed by atoms with Crippen molar-refractivity contribution in [2.75, 3.05) is 5.73 Å². The lowest BCUT2D eigenvalue weighted by Gasteiger charge is -2.15. The number of nitrogens with zero attached hydrogens (tertiary/aromatic N) is 2. The number of nitrogens with one attached hydrogen (secondary N) is 3. The number of carbonyl (C=O) groups excluding carboxylic acids is 2. The number of nitrogen functional groups attached to an aromatic ring is 1. The summed E-state index contributed by atoms with van der Waals surface area (Å²) in [6.45, 7) is 2.23. The number of carbonyl (C=O) groups is 2. The van der Waals surface area contributed by atoms with Gasteiger partial charge in [0.1, 0.15) is 11.4 Å². The maximum absolute atomic E-state index is 12.6. The highest BCUT2D eigenvalue weighted by molar-refractivity contribution is 5.97. The second-order valence-corrected chi connectivity index (χ2v) is 8.01. The second kappa shape index (κ2) is 9.51. The number of nitrogens with two attached hydrogens (primary N) is 2. The molecule has 0 saturated carbocycles. The van der Waals surface area contributed by atoms with Crippen LogP contribution in [0.3, 0.4) is 0 Å². The molecular formula is C24H23N7O4. The van der Waals surface area contributed by atoms with Crippen LogP contribution in [0, 0.1) is 0 Å². The van der Waals surface area contributed by atoms with E-state index >= 15 is 0 Å². The van der Waals surface area contributed by atoms with Crippen molar-refractivity contribution < 1.29 is 9.59 Å². The summed E-state index contributed by atoms with van der Waals surface area (Å²) in [4.78, 5) is 51.4. The van der Waals surface area contributed by atoms with Crippen molar-refractivity contribution in [2.24, 2.45) is 5.73 Å². The lowest BCUT2D eigenvalue weighted by molar-refractivity contribution is 0.0934. The Morgan fingerprint density at radius 3 is 2.63 bits per heavy atom. The average molecular weight is 473 g/mol. The molecular weight excluding hydrogens is 450 g/mol. The van der Waals surface area contributed by atoms with Gasteiger partial charge in [-0.15, -0.1) is 0 Å². The Hall–Kier alpha value is -4.93. The Labute approximate surface area is 198 Å². The lowest BCUT2D eigenvalue weighted by atomic mass is 10.0. The first-order valence-corrected chi connectivity index (χ1v) is 10.7. The van der Waals surface area contributed by atoms with Gasteiger partial charge in [-0.2, -0.15) is 5.10 Å². The Morgan fingerprint density at radius 2 is 1.86 bits per heavy atom. The molecule has 0 aliphatic rings. The van der Waals surface area contributed by atoms with Crippen molar-refractivity contribution in [3.63, 3.8) is 0 Å². The molecule has 7 N–H and O–H groups in total. The van der Waals surface area contributed by atoms with Crippen LogP contribution in [-0.4, -0.2) is 31.6 Å². The van der Waals surface area contributed by atoms with Gasteiger partial charge in [-0.05, 0) is 41.8 Å². The van der Waals surface area contributed by atoms with E-state index < -0.39 is 29.1 Å². The summed E-state index contributed by atoms with van der Waals surface area (Å²) < 4.78 is 1.75. The van der Waals surface area contributed by atoms with Crippen LogP contribution >= 0.6 is 0 Å². The quantitative estimate of drug-likeness (QED) is 0.268. The molecule has 0 spiro atoms. The van der Waals surface area contributed by atoms with E-state index in [0.29, 0.717) is 12.1 Å². The van der Waals surface area contributed by atoms with Crippen LogP contribution in [0.15, 0.2) is 70.5 Å². The van der Waals surface area contributed by atoms with E-state index in [-0.39, 0.29) is 11.4 Å². The van der Waals surface area contributed by atoms with E-state index in [1.54, 1.807) is 36.0 Å². The first-order chi connectivity index (χ1) is 16.7. The van der Waals surface area contributed by atoms with Crippen LogP contribution < -0.4 is 28.0 Å². The van der Waals surface area contributed by atoms with Crippen LogP contribution in [-0.2, 0) is 6.54 Å². The van der Waals surface area contributed by atoms with E-state index in [0.717, 1.165) is 22.3 Å². The smallest absolute Gasteiger partial charge is 0.326 e. The van der Waals surface area contributed by atoms with Gasteiger partial charge >= 0.3 is 5.69 Å². The zero-order valence-corrected chi connectivity index (χ0v) is 18.7. The van der Waals surface area contributed by atoms with Gasteiger partial charge in [0, 0.05) is 17.3 Å². The largest absolute Gasteiger partial charge is 0.392 e. The van der Waals surface area contributed by atoms with Gasteiger partial charge in [-0.25, -0.2) is 4.79 Å². The molecule has 11 heteroatoms. The Balaban J connectivity index is 1.50. The molecule has 1 unspecified atom stereocenters. The number of H-pyrrole nitrogens is 2. The number of benzene rings is 2. The van der Waals surface area contributed by atoms with Crippen LogP contribution in [0.2, 0.25) is 0 Å². The summed E-state index contributed by atoms with van der Waals surface area (Å²) in [6, 6.07) is 14.1. The summed E-state index contributed by atoms with van der Waals surface area (Å²) in [6.07, 6.45) is 3.60. The molecule has 4 rings (SSSR count). The molecule has 0 fully saturated rings. The van der Waals surface area contributed by atoms with Gasteiger partial charge in [-0.3, -0.25) is 24.0 Å². The minimum atomic E-state index is -0.827. The van der Waals surface area contributed by atoms with Gasteiger partial charge in [0.05, 0.1) is 18.8 Å². The maximum Gasteiger partial charge on any atom is 0.326 e. The van der Waals surface area contributed by atoms with Crippen molar-refractivity contribution >= 4 is 17.5 Å². The molecule has 1 atom stereocenters. The highest BCUT2D eigenvalue weighted by Crippen LogP contribution is 2.23. The number of hydrogen-bond donors (Lipinski definition) is 5. The monoisotopic (exact) mass is 473 g/mol. The van der Waals surface area contributed by atoms with E-state index in [9.17, 15) is 19.2 Å². The maximum atomic E-state index is 12.6.